The Morgan fingerprint density at radius 3 is 2.42 bits per heavy atom. The lowest BCUT2D eigenvalue weighted by Gasteiger charge is -2.28. The first kappa shape index (κ1) is 17.7. The lowest BCUT2D eigenvalue weighted by atomic mass is 10.1. The van der Waals surface area contributed by atoms with Crippen molar-refractivity contribution in [2.75, 3.05) is 18.0 Å². The van der Waals surface area contributed by atoms with Crippen molar-refractivity contribution in [1.29, 1.82) is 0 Å². The Bertz CT molecular complexity index is 837. The maximum atomic E-state index is 12.2. The first-order chi connectivity index (χ1) is 12.5. The largest absolute Gasteiger partial charge is 0.508 e. The summed E-state index contributed by atoms with van der Waals surface area (Å²) < 4.78 is 0. The summed E-state index contributed by atoms with van der Waals surface area (Å²) in [4.78, 5) is 25.3. The summed E-state index contributed by atoms with van der Waals surface area (Å²) in [5.41, 5.74) is 1.74. The summed E-state index contributed by atoms with van der Waals surface area (Å²) in [6.07, 6.45) is 6.19. The molecule has 0 aliphatic carbocycles. The lowest BCUT2D eigenvalue weighted by Crippen LogP contribution is -2.29. The minimum Gasteiger partial charge on any atom is -0.508 e. The zero-order chi connectivity index (χ0) is 18.5. The first-order valence-electron chi connectivity index (χ1n) is 8.59. The monoisotopic (exact) mass is 352 g/mol. The van der Waals surface area contributed by atoms with Crippen molar-refractivity contribution >= 4 is 23.2 Å². The van der Waals surface area contributed by atoms with Crippen LogP contribution in [0.15, 0.2) is 48.5 Å². The number of carbonyl (C=O) groups is 1. The molecule has 0 spiro atoms. The number of ketones is 1. The van der Waals surface area contributed by atoms with E-state index in [1.165, 1.54) is 36.4 Å². The van der Waals surface area contributed by atoms with Gasteiger partial charge in [-0.2, -0.15) is 0 Å². The molecular weight excluding hydrogens is 332 g/mol. The number of nitro groups is 1. The summed E-state index contributed by atoms with van der Waals surface area (Å²) in [5.74, 6) is -0.137. The molecule has 2 aromatic rings. The van der Waals surface area contributed by atoms with Crippen molar-refractivity contribution in [2.24, 2.45) is 0 Å². The van der Waals surface area contributed by atoms with Gasteiger partial charge in [-0.15, -0.1) is 0 Å². The van der Waals surface area contributed by atoms with Crippen LogP contribution in [-0.2, 0) is 0 Å². The van der Waals surface area contributed by atoms with E-state index in [4.69, 9.17) is 0 Å². The van der Waals surface area contributed by atoms with Gasteiger partial charge >= 0.3 is 0 Å². The molecule has 1 saturated heterocycles. The van der Waals surface area contributed by atoms with Crippen molar-refractivity contribution < 1.29 is 14.8 Å². The number of rotatable bonds is 5. The van der Waals surface area contributed by atoms with Crippen LogP contribution in [0.4, 0.5) is 11.4 Å². The average Bonchev–Trinajstić information content (AvgIpc) is 2.67. The van der Waals surface area contributed by atoms with Crippen molar-refractivity contribution in [2.45, 2.75) is 19.3 Å². The van der Waals surface area contributed by atoms with Gasteiger partial charge in [0.2, 0.25) is 0 Å². The van der Waals surface area contributed by atoms with Gasteiger partial charge in [0.1, 0.15) is 11.4 Å². The van der Waals surface area contributed by atoms with E-state index in [0.717, 1.165) is 32.4 Å². The third-order valence-electron chi connectivity index (χ3n) is 4.47. The van der Waals surface area contributed by atoms with E-state index in [1.54, 1.807) is 18.2 Å². The number of nitro benzene ring substituents is 1. The number of benzene rings is 2. The fourth-order valence-electron chi connectivity index (χ4n) is 3.09. The minimum absolute atomic E-state index is 0.0612. The summed E-state index contributed by atoms with van der Waals surface area (Å²) >= 11 is 0. The second-order valence-electron chi connectivity index (χ2n) is 6.30. The number of anilines is 1. The van der Waals surface area contributed by atoms with Crippen LogP contribution in [0.2, 0.25) is 0 Å². The van der Waals surface area contributed by atoms with Crippen LogP contribution in [0, 0.1) is 10.1 Å². The zero-order valence-corrected chi connectivity index (χ0v) is 14.3. The number of aromatic hydroxyl groups is 1. The molecule has 26 heavy (non-hydrogen) atoms. The van der Waals surface area contributed by atoms with Crippen LogP contribution < -0.4 is 4.90 Å². The van der Waals surface area contributed by atoms with Crippen LogP contribution in [0.1, 0.15) is 35.2 Å². The van der Waals surface area contributed by atoms with Gasteiger partial charge in [0.05, 0.1) is 4.92 Å². The molecule has 1 heterocycles. The van der Waals surface area contributed by atoms with Gasteiger partial charge < -0.3 is 10.0 Å². The number of phenolic OH excluding ortho intramolecular Hbond substituents is 1. The standard InChI is InChI=1S/C20H20N2O4/c23-17-8-6-16(7-9-17)20(24)11-5-15-4-10-18(19(14-15)22(25)26)21-12-2-1-3-13-21/h4-11,14,23H,1-3,12-13H2/b11-5+. The minimum atomic E-state index is -0.372. The van der Waals surface area contributed by atoms with Gasteiger partial charge in [-0.05, 0) is 61.2 Å². The molecule has 0 radical (unpaired) electrons. The Kier molecular flexibility index (Phi) is 5.31. The SMILES string of the molecule is O=C(/C=C/c1ccc(N2CCCCC2)c([N+](=O)[O-])c1)c1ccc(O)cc1. The fraction of sp³-hybridized carbons (Fsp3) is 0.250. The van der Waals surface area contributed by atoms with Crippen molar-refractivity contribution in [1.82, 2.24) is 0 Å². The van der Waals surface area contributed by atoms with E-state index in [-0.39, 0.29) is 22.1 Å². The molecule has 0 saturated carbocycles. The van der Waals surface area contributed by atoms with E-state index in [1.807, 2.05) is 0 Å². The van der Waals surface area contributed by atoms with Crippen LogP contribution >= 0.6 is 0 Å². The quantitative estimate of drug-likeness (QED) is 0.377. The molecule has 0 aromatic heterocycles. The molecule has 6 nitrogen and oxygen atoms in total. The average molecular weight is 352 g/mol. The van der Waals surface area contributed by atoms with Gasteiger partial charge in [0.15, 0.2) is 5.78 Å². The Balaban J connectivity index is 1.81. The number of nitrogens with zero attached hydrogens (tertiary/aromatic N) is 2. The first-order valence-corrected chi connectivity index (χ1v) is 8.59. The maximum absolute atomic E-state index is 12.2. The molecule has 6 heteroatoms. The number of allylic oxidation sites excluding steroid dienone is 1. The molecule has 1 aliphatic heterocycles. The summed E-state index contributed by atoms with van der Waals surface area (Å²) in [7, 11) is 0. The molecule has 0 atom stereocenters. The Labute approximate surface area is 151 Å². The summed E-state index contributed by atoms with van der Waals surface area (Å²) in [5, 5.41) is 20.7. The van der Waals surface area contributed by atoms with E-state index in [9.17, 15) is 20.0 Å². The molecule has 0 bridgehead atoms. The number of piperidine rings is 1. The molecular formula is C20H20N2O4. The third-order valence-corrected chi connectivity index (χ3v) is 4.47. The van der Waals surface area contributed by atoms with Gasteiger partial charge in [-0.3, -0.25) is 14.9 Å². The van der Waals surface area contributed by atoms with Crippen molar-refractivity contribution in [3.8, 4) is 5.75 Å². The number of phenols is 1. The number of hydrogen-bond donors (Lipinski definition) is 1. The second-order valence-corrected chi connectivity index (χ2v) is 6.30. The highest BCUT2D eigenvalue weighted by Gasteiger charge is 2.21. The third kappa shape index (κ3) is 4.08. The predicted molar refractivity (Wildman–Crippen MR) is 101 cm³/mol. The fourth-order valence-corrected chi connectivity index (χ4v) is 3.09. The highest BCUT2D eigenvalue weighted by atomic mass is 16.6. The maximum Gasteiger partial charge on any atom is 0.293 e. The van der Waals surface area contributed by atoms with Gasteiger partial charge in [-0.1, -0.05) is 12.1 Å². The van der Waals surface area contributed by atoms with Crippen molar-refractivity contribution in [3.63, 3.8) is 0 Å². The topological polar surface area (TPSA) is 83.7 Å². The molecule has 1 N–H and O–H groups in total. The molecule has 1 aliphatic rings. The molecule has 0 unspecified atom stereocenters. The Hall–Kier alpha value is -3.15. The molecule has 3 rings (SSSR count). The van der Waals surface area contributed by atoms with E-state index in [2.05, 4.69) is 4.90 Å². The zero-order valence-electron chi connectivity index (χ0n) is 14.3. The van der Waals surface area contributed by atoms with Gasteiger partial charge in [-0.25, -0.2) is 0 Å². The molecule has 1 fully saturated rings. The molecule has 2 aromatic carbocycles. The molecule has 0 amide bonds. The van der Waals surface area contributed by atoms with Gasteiger partial charge in [0.25, 0.3) is 5.69 Å². The van der Waals surface area contributed by atoms with Crippen molar-refractivity contribution in [3.05, 3.63) is 69.8 Å². The Morgan fingerprint density at radius 2 is 1.77 bits per heavy atom. The normalized spacial score (nSPS) is 14.5. The van der Waals surface area contributed by atoms with Crippen LogP contribution in [0.3, 0.4) is 0 Å². The highest BCUT2D eigenvalue weighted by Crippen LogP contribution is 2.31. The van der Waals surface area contributed by atoms with Crippen LogP contribution in [-0.4, -0.2) is 28.9 Å². The van der Waals surface area contributed by atoms with E-state index < -0.39 is 0 Å². The van der Waals surface area contributed by atoms with Gasteiger partial charge in [0, 0.05) is 24.7 Å². The second kappa shape index (κ2) is 7.82. The molecule has 134 valence electrons. The highest BCUT2D eigenvalue weighted by molar-refractivity contribution is 6.06. The van der Waals surface area contributed by atoms with Crippen LogP contribution in [0.5, 0.6) is 5.75 Å². The smallest absolute Gasteiger partial charge is 0.293 e. The lowest BCUT2D eigenvalue weighted by molar-refractivity contribution is -0.384. The van der Waals surface area contributed by atoms with E-state index >= 15 is 0 Å². The summed E-state index contributed by atoms with van der Waals surface area (Å²) in [6, 6.07) is 11.0. The predicted octanol–water partition coefficient (Wildman–Crippen LogP) is 4.19. The number of carbonyl (C=O) groups excluding carboxylic acids is 1. The summed E-state index contributed by atoms with van der Waals surface area (Å²) in [6.45, 7) is 1.66. The Morgan fingerprint density at radius 1 is 1.08 bits per heavy atom. The van der Waals surface area contributed by atoms with E-state index in [0.29, 0.717) is 16.8 Å². The number of hydrogen-bond acceptors (Lipinski definition) is 5. The van der Waals surface area contributed by atoms with Crippen LogP contribution in [0.25, 0.3) is 6.08 Å².